The highest BCUT2D eigenvalue weighted by molar-refractivity contribution is 6.31. The molecule has 0 fully saturated rings. The van der Waals surface area contributed by atoms with E-state index in [1.165, 1.54) is 11.1 Å². The first kappa shape index (κ1) is 9.80. The van der Waals surface area contributed by atoms with Crippen LogP contribution in [0.2, 0.25) is 5.02 Å². The highest BCUT2D eigenvalue weighted by atomic mass is 35.5. The molecule has 15 heavy (non-hydrogen) atoms. The molecular formula is C11H9ClN2O. The normalized spacial score (nSPS) is 14.6. The van der Waals surface area contributed by atoms with E-state index in [-0.39, 0.29) is 6.03 Å². The van der Waals surface area contributed by atoms with Gasteiger partial charge in [0.15, 0.2) is 0 Å². The fourth-order valence-electron chi connectivity index (χ4n) is 1.49. The number of urea groups is 1. The summed E-state index contributed by atoms with van der Waals surface area (Å²) in [4.78, 5) is 12.9. The molecule has 1 aromatic carbocycles. The van der Waals surface area contributed by atoms with Crippen LogP contribution in [0.25, 0.3) is 5.70 Å². The number of anilines is 1. The number of halogens is 1. The Morgan fingerprint density at radius 3 is 2.87 bits per heavy atom. The number of carbonyl (C=O) groups is 1. The minimum Gasteiger partial charge on any atom is -0.307 e. The van der Waals surface area contributed by atoms with Gasteiger partial charge in [0, 0.05) is 16.8 Å². The van der Waals surface area contributed by atoms with Crippen LogP contribution in [0.5, 0.6) is 0 Å². The van der Waals surface area contributed by atoms with Gasteiger partial charge in [-0.1, -0.05) is 24.8 Å². The van der Waals surface area contributed by atoms with Crippen molar-refractivity contribution in [2.45, 2.75) is 0 Å². The summed E-state index contributed by atoms with van der Waals surface area (Å²) in [6.07, 6.45) is 1.42. The molecule has 2 amide bonds. The number of nitrogens with one attached hydrogen (secondary N) is 1. The number of rotatable bonds is 1. The van der Waals surface area contributed by atoms with Crippen LogP contribution in [-0.4, -0.2) is 10.9 Å². The number of fused-ring (bicyclic) bond motifs is 1. The lowest BCUT2D eigenvalue weighted by Gasteiger charge is -2.28. The molecule has 0 spiro atoms. The highest BCUT2D eigenvalue weighted by Crippen LogP contribution is 2.32. The van der Waals surface area contributed by atoms with Crippen molar-refractivity contribution in [3.63, 3.8) is 0 Å². The van der Waals surface area contributed by atoms with E-state index in [1.807, 2.05) is 0 Å². The Hall–Kier alpha value is -1.74. The van der Waals surface area contributed by atoms with E-state index in [0.29, 0.717) is 16.4 Å². The molecule has 1 aliphatic heterocycles. The Bertz CT molecular complexity index is 468. The van der Waals surface area contributed by atoms with Gasteiger partial charge in [-0.2, -0.15) is 0 Å². The predicted molar refractivity (Wildman–Crippen MR) is 61.5 cm³/mol. The Balaban J connectivity index is 2.56. The Labute approximate surface area is 92.6 Å². The third-order valence-corrected chi connectivity index (χ3v) is 2.46. The Morgan fingerprint density at radius 2 is 2.20 bits per heavy atom. The molecule has 0 atom stereocenters. The van der Waals surface area contributed by atoms with Crippen molar-refractivity contribution in [1.29, 1.82) is 0 Å². The first-order valence-electron chi connectivity index (χ1n) is 4.35. The molecular weight excluding hydrogens is 212 g/mol. The minimum absolute atomic E-state index is 0.259. The van der Waals surface area contributed by atoms with E-state index >= 15 is 0 Å². The van der Waals surface area contributed by atoms with E-state index in [4.69, 9.17) is 11.6 Å². The summed E-state index contributed by atoms with van der Waals surface area (Å²) >= 11 is 5.87. The molecule has 76 valence electrons. The van der Waals surface area contributed by atoms with Gasteiger partial charge in [-0.05, 0) is 18.2 Å². The number of nitrogens with zero attached hydrogens (tertiary/aromatic N) is 1. The number of hydrogen-bond donors (Lipinski definition) is 1. The first-order valence-corrected chi connectivity index (χ1v) is 4.73. The van der Waals surface area contributed by atoms with Crippen molar-refractivity contribution in [1.82, 2.24) is 4.90 Å². The van der Waals surface area contributed by atoms with Crippen LogP contribution in [-0.2, 0) is 0 Å². The number of benzene rings is 1. The zero-order chi connectivity index (χ0) is 11.0. The fourth-order valence-corrected chi connectivity index (χ4v) is 1.66. The molecule has 0 aromatic heterocycles. The maximum atomic E-state index is 11.5. The number of amides is 2. The van der Waals surface area contributed by atoms with Crippen LogP contribution >= 0.6 is 11.6 Å². The van der Waals surface area contributed by atoms with Gasteiger partial charge < -0.3 is 5.32 Å². The lowest BCUT2D eigenvalue weighted by molar-refractivity contribution is 0.240. The summed E-state index contributed by atoms with van der Waals surface area (Å²) in [5, 5.41) is 3.32. The monoisotopic (exact) mass is 220 g/mol. The SMILES string of the molecule is C=CN1C(=C)c2cc(Cl)ccc2NC1=O. The smallest absolute Gasteiger partial charge is 0.307 e. The van der Waals surface area contributed by atoms with Gasteiger partial charge in [0.25, 0.3) is 0 Å². The summed E-state index contributed by atoms with van der Waals surface area (Å²) in [6, 6.07) is 4.97. The lowest BCUT2D eigenvalue weighted by atomic mass is 10.1. The highest BCUT2D eigenvalue weighted by Gasteiger charge is 2.24. The molecule has 0 saturated heterocycles. The van der Waals surface area contributed by atoms with Crippen molar-refractivity contribution in [2.75, 3.05) is 5.32 Å². The molecule has 0 saturated carbocycles. The van der Waals surface area contributed by atoms with E-state index in [2.05, 4.69) is 18.5 Å². The Morgan fingerprint density at radius 1 is 1.47 bits per heavy atom. The largest absolute Gasteiger partial charge is 0.330 e. The van der Waals surface area contributed by atoms with E-state index in [9.17, 15) is 4.79 Å². The standard InChI is InChI=1S/C11H9ClN2O/c1-3-14-7(2)9-6-8(12)4-5-10(9)13-11(14)15/h3-6H,1-2H2,(H,13,15). The summed E-state index contributed by atoms with van der Waals surface area (Å²) in [5.74, 6) is 0. The average molecular weight is 221 g/mol. The van der Waals surface area contributed by atoms with Gasteiger partial charge in [-0.25, -0.2) is 4.79 Å². The van der Waals surface area contributed by atoms with Crippen LogP contribution in [0.4, 0.5) is 10.5 Å². The van der Waals surface area contributed by atoms with Crippen molar-refractivity contribution >= 4 is 29.0 Å². The maximum absolute atomic E-state index is 11.5. The number of carbonyl (C=O) groups excluding carboxylic acids is 1. The molecule has 4 heteroatoms. The van der Waals surface area contributed by atoms with Crippen LogP contribution in [0.1, 0.15) is 5.56 Å². The molecule has 1 aliphatic rings. The van der Waals surface area contributed by atoms with Gasteiger partial charge in [0.1, 0.15) is 0 Å². The van der Waals surface area contributed by atoms with Crippen molar-refractivity contribution in [3.05, 3.63) is 48.1 Å². The molecule has 1 aromatic rings. The molecule has 0 radical (unpaired) electrons. The van der Waals surface area contributed by atoms with Crippen molar-refractivity contribution in [2.24, 2.45) is 0 Å². The molecule has 0 unspecified atom stereocenters. The summed E-state index contributed by atoms with van der Waals surface area (Å²) in [7, 11) is 0. The third-order valence-electron chi connectivity index (χ3n) is 2.23. The van der Waals surface area contributed by atoms with Gasteiger partial charge in [-0.3, -0.25) is 4.90 Å². The molecule has 3 nitrogen and oxygen atoms in total. The predicted octanol–water partition coefficient (Wildman–Crippen LogP) is 3.30. The summed E-state index contributed by atoms with van der Waals surface area (Å²) in [6.45, 7) is 7.39. The average Bonchev–Trinajstić information content (AvgIpc) is 2.20. The van der Waals surface area contributed by atoms with E-state index in [1.54, 1.807) is 18.2 Å². The van der Waals surface area contributed by atoms with Crippen LogP contribution in [0.15, 0.2) is 37.6 Å². The minimum atomic E-state index is -0.259. The molecule has 1 heterocycles. The second kappa shape index (κ2) is 3.44. The second-order valence-corrected chi connectivity index (χ2v) is 3.56. The van der Waals surface area contributed by atoms with Crippen LogP contribution in [0, 0.1) is 0 Å². The van der Waals surface area contributed by atoms with Crippen molar-refractivity contribution in [3.8, 4) is 0 Å². The topological polar surface area (TPSA) is 32.3 Å². The van der Waals surface area contributed by atoms with Gasteiger partial charge in [-0.15, -0.1) is 0 Å². The summed E-state index contributed by atoms with van der Waals surface area (Å²) in [5.41, 5.74) is 2.10. The summed E-state index contributed by atoms with van der Waals surface area (Å²) < 4.78 is 0. The zero-order valence-corrected chi connectivity index (χ0v) is 8.71. The second-order valence-electron chi connectivity index (χ2n) is 3.12. The number of hydrogen-bond acceptors (Lipinski definition) is 1. The lowest BCUT2D eigenvalue weighted by Crippen LogP contribution is -2.33. The Kier molecular flexibility index (Phi) is 2.25. The molecule has 2 rings (SSSR count). The van der Waals surface area contributed by atoms with Gasteiger partial charge in [0.05, 0.1) is 11.4 Å². The van der Waals surface area contributed by atoms with Gasteiger partial charge in [0.2, 0.25) is 0 Å². The van der Waals surface area contributed by atoms with Crippen LogP contribution in [0.3, 0.4) is 0 Å². The first-order chi connectivity index (χ1) is 7.13. The maximum Gasteiger partial charge on any atom is 0.330 e. The quantitative estimate of drug-likeness (QED) is 0.774. The fraction of sp³-hybridized carbons (Fsp3) is 0. The van der Waals surface area contributed by atoms with Gasteiger partial charge >= 0.3 is 6.03 Å². The molecule has 0 aliphatic carbocycles. The van der Waals surface area contributed by atoms with E-state index < -0.39 is 0 Å². The van der Waals surface area contributed by atoms with Crippen LogP contribution < -0.4 is 5.32 Å². The van der Waals surface area contributed by atoms with Crippen molar-refractivity contribution < 1.29 is 4.79 Å². The molecule has 0 bridgehead atoms. The molecule has 1 N–H and O–H groups in total. The van der Waals surface area contributed by atoms with E-state index in [0.717, 1.165) is 5.56 Å². The zero-order valence-electron chi connectivity index (χ0n) is 7.96. The third kappa shape index (κ3) is 1.51.